The van der Waals surface area contributed by atoms with Crippen LogP contribution < -0.4 is 14.8 Å². The van der Waals surface area contributed by atoms with Crippen LogP contribution in [0.2, 0.25) is 0 Å². The summed E-state index contributed by atoms with van der Waals surface area (Å²) in [4.78, 5) is 12.5. The van der Waals surface area contributed by atoms with E-state index < -0.39 is 5.91 Å². The number of carbonyl (C=O) groups excluding carboxylic acids is 1. The van der Waals surface area contributed by atoms with Gasteiger partial charge >= 0.3 is 0 Å². The lowest BCUT2D eigenvalue weighted by Crippen LogP contribution is -2.27. The molecule has 0 bridgehead atoms. The molecule has 0 saturated heterocycles. The molecule has 0 heterocycles. The van der Waals surface area contributed by atoms with Crippen molar-refractivity contribution < 1.29 is 14.3 Å². The Labute approximate surface area is 166 Å². The van der Waals surface area contributed by atoms with Crippen molar-refractivity contribution in [2.45, 2.75) is 33.2 Å². The van der Waals surface area contributed by atoms with Crippen molar-refractivity contribution >= 4 is 12.0 Å². The van der Waals surface area contributed by atoms with Crippen LogP contribution in [0.4, 0.5) is 0 Å². The summed E-state index contributed by atoms with van der Waals surface area (Å²) in [6, 6.07) is 16.8. The average molecular weight is 378 g/mol. The normalized spacial score (nSPS) is 12.0. The number of carbonyl (C=O) groups is 1. The van der Waals surface area contributed by atoms with Gasteiger partial charge in [0.1, 0.15) is 11.6 Å². The van der Waals surface area contributed by atoms with E-state index in [-0.39, 0.29) is 11.6 Å². The number of amides is 1. The maximum Gasteiger partial charge on any atom is 0.262 e. The number of hydrogen-bond donors (Lipinski definition) is 1. The molecule has 5 nitrogen and oxygen atoms in total. The van der Waals surface area contributed by atoms with E-state index >= 15 is 0 Å². The van der Waals surface area contributed by atoms with Crippen molar-refractivity contribution in [3.8, 4) is 17.6 Å². The van der Waals surface area contributed by atoms with Crippen LogP contribution >= 0.6 is 0 Å². The Balaban J connectivity index is 2.19. The fourth-order valence-electron chi connectivity index (χ4n) is 2.63. The van der Waals surface area contributed by atoms with Crippen LogP contribution in [0.3, 0.4) is 0 Å². The standard InChI is InChI=1S/C23H26N2O3/c1-4-13-28-21-12-11-18(15-22(21)27-5-2)14-20(16-24)23(26)25-17(3)19-9-7-6-8-10-19/h6-12,14-15,17H,4-5,13H2,1-3H3,(H,25,26)/b20-14-. The molecule has 28 heavy (non-hydrogen) atoms. The Kier molecular flexibility index (Phi) is 8.11. The summed E-state index contributed by atoms with van der Waals surface area (Å²) in [5.41, 5.74) is 1.71. The number of nitriles is 1. The summed E-state index contributed by atoms with van der Waals surface area (Å²) in [5.74, 6) is 0.838. The molecule has 1 atom stereocenters. The van der Waals surface area contributed by atoms with Crippen molar-refractivity contribution in [2.24, 2.45) is 0 Å². The highest BCUT2D eigenvalue weighted by molar-refractivity contribution is 6.01. The maximum absolute atomic E-state index is 12.5. The molecule has 5 heteroatoms. The second-order valence-corrected chi connectivity index (χ2v) is 6.26. The zero-order chi connectivity index (χ0) is 20.4. The van der Waals surface area contributed by atoms with Crippen LogP contribution in [0.1, 0.15) is 44.4 Å². The molecule has 1 unspecified atom stereocenters. The maximum atomic E-state index is 12.5. The minimum Gasteiger partial charge on any atom is -0.490 e. The van der Waals surface area contributed by atoms with E-state index in [1.54, 1.807) is 24.3 Å². The number of benzene rings is 2. The minimum absolute atomic E-state index is 0.0347. The molecule has 0 aliphatic rings. The monoisotopic (exact) mass is 378 g/mol. The second-order valence-electron chi connectivity index (χ2n) is 6.26. The van der Waals surface area contributed by atoms with E-state index in [4.69, 9.17) is 9.47 Å². The van der Waals surface area contributed by atoms with Gasteiger partial charge in [-0.05, 0) is 49.6 Å². The summed E-state index contributed by atoms with van der Waals surface area (Å²) >= 11 is 0. The van der Waals surface area contributed by atoms with Gasteiger partial charge < -0.3 is 14.8 Å². The highest BCUT2D eigenvalue weighted by Gasteiger charge is 2.14. The number of ether oxygens (including phenoxy) is 2. The van der Waals surface area contributed by atoms with Gasteiger partial charge in [0, 0.05) is 0 Å². The van der Waals surface area contributed by atoms with E-state index in [1.807, 2.05) is 57.2 Å². The molecule has 0 aromatic heterocycles. The number of nitrogens with one attached hydrogen (secondary N) is 1. The molecule has 2 rings (SSSR count). The molecule has 0 aliphatic carbocycles. The lowest BCUT2D eigenvalue weighted by molar-refractivity contribution is -0.117. The van der Waals surface area contributed by atoms with Crippen LogP contribution in [0, 0.1) is 11.3 Å². The Bertz CT molecular complexity index is 854. The zero-order valence-corrected chi connectivity index (χ0v) is 16.6. The van der Waals surface area contributed by atoms with Crippen LogP contribution in [0.25, 0.3) is 6.08 Å². The van der Waals surface area contributed by atoms with Gasteiger partial charge in [-0.25, -0.2) is 0 Å². The molecule has 0 saturated carbocycles. The summed E-state index contributed by atoms with van der Waals surface area (Å²) in [6.07, 6.45) is 2.45. The van der Waals surface area contributed by atoms with E-state index in [9.17, 15) is 10.1 Å². The van der Waals surface area contributed by atoms with Crippen molar-refractivity contribution in [1.82, 2.24) is 5.32 Å². The summed E-state index contributed by atoms with van der Waals surface area (Å²) in [7, 11) is 0. The highest BCUT2D eigenvalue weighted by atomic mass is 16.5. The molecule has 0 fully saturated rings. The molecule has 0 radical (unpaired) electrons. The number of rotatable bonds is 9. The van der Waals surface area contributed by atoms with Crippen molar-refractivity contribution in [1.29, 1.82) is 5.26 Å². The smallest absolute Gasteiger partial charge is 0.262 e. The van der Waals surface area contributed by atoms with Gasteiger partial charge in [-0.15, -0.1) is 0 Å². The van der Waals surface area contributed by atoms with Crippen LogP contribution in [-0.2, 0) is 4.79 Å². The predicted molar refractivity (Wildman–Crippen MR) is 110 cm³/mol. The SMILES string of the molecule is CCCOc1ccc(/C=C(/C#N)C(=O)NC(C)c2ccccc2)cc1OCC. The Hall–Kier alpha value is -3.26. The molecule has 1 amide bonds. The lowest BCUT2D eigenvalue weighted by atomic mass is 10.1. The van der Waals surface area contributed by atoms with Crippen molar-refractivity contribution in [2.75, 3.05) is 13.2 Å². The first-order valence-electron chi connectivity index (χ1n) is 9.46. The Morgan fingerprint density at radius 3 is 2.54 bits per heavy atom. The fourth-order valence-corrected chi connectivity index (χ4v) is 2.63. The van der Waals surface area contributed by atoms with E-state index in [2.05, 4.69) is 5.32 Å². The first kappa shape index (κ1) is 21.0. The van der Waals surface area contributed by atoms with Crippen LogP contribution in [0.5, 0.6) is 11.5 Å². The topological polar surface area (TPSA) is 71.3 Å². The molecular weight excluding hydrogens is 352 g/mol. The van der Waals surface area contributed by atoms with Crippen LogP contribution in [-0.4, -0.2) is 19.1 Å². The molecule has 1 N–H and O–H groups in total. The average Bonchev–Trinajstić information content (AvgIpc) is 2.72. The first-order valence-corrected chi connectivity index (χ1v) is 9.46. The summed E-state index contributed by atoms with van der Waals surface area (Å²) in [6.45, 7) is 6.90. The third-order valence-electron chi connectivity index (χ3n) is 4.05. The van der Waals surface area contributed by atoms with Gasteiger partial charge in [-0.1, -0.05) is 43.3 Å². The van der Waals surface area contributed by atoms with E-state index in [1.165, 1.54) is 0 Å². The summed E-state index contributed by atoms with van der Waals surface area (Å²) < 4.78 is 11.3. The van der Waals surface area contributed by atoms with Gasteiger partial charge in [0.2, 0.25) is 0 Å². The van der Waals surface area contributed by atoms with Gasteiger partial charge in [0.15, 0.2) is 11.5 Å². The molecule has 2 aromatic rings. The second kappa shape index (κ2) is 10.8. The number of nitrogens with zero attached hydrogens (tertiary/aromatic N) is 1. The van der Waals surface area contributed by atoms with Gasteiger partial charge in [0.25, 0.3) is 5.91 Å². The third-order valence-corrected chi connectivity index (χ3v) is 4.05. The predicted octanol–water partition coefficient (Wildman–Crippen LogP) is 4.66. The van der Waals surface area contributed by atoms with E-state index in [0.717, 1.165) is 12.0 Å². The van der Waals surface area contributed by atoms with E-state index in [0.29, 0.717) is 30.3 Å². The van der Waals surface area contributed by atoms with Crippen LogP contribution in [0.15, 0.2) is 54.1 Å². The first-order chi connectivity index (χ1) is 13.6. The molecule has 0 aliphatic heterocycles. The Morgan fingerprint density at radius 1 is 1.14 bits per heavy atom. The Morgan fingerprint density at radius 2 is 1.89 bits per heavy atom. The number of hydrogen-bond acceptors (Lipinski definition) is 4. The minimum atomic E-state index is -0.414. The molecule has 146 valence electrons. The lowest BCUT2D eigenvalue weighted by Gasteiger charge is -2.14. The molecule has 2 aromatic carbocycles. The van der Waals surface area contributed by atoms with Gasteiger partial charge in [-0.2, -0.15) is 5.26 Å². The largest absolute Gasteiger partial charge is 0.490 e. The van der Waals surface area contributed by atoms with Gasteiger partial charge in [0.05, 0.1) is 19.3 Å². The van der Waals surface area contributed by atoms with Crippen molar-refractivity contribution in [3.63, 3.8) is 0 Å². The van der Waals surface area contributed by atoms with Crippen molar-refractivity contribution in [3.05, 3.63) is 65.2 Å². The molecule has 0 spiro atoms. The third kappa shape index (κ3) is 5.88. The fraction of sp³-hybridized carbons (Fsp3) is 0.304. The molecular formula is C23H26N2O3. The quantitative estimate of drug-likeness (QED) is 0.509. The van der Waals surface area contributed by atoms with Gasteiger partial charge in [-0.3, -0.25) is 4.79 Å². The summed E-state index contributed by atoms with van der Waals surface area (Å²) in [5, 5.41) is 12.3. The highest BCUT2D eigenvalue weighted by Crippen LogP contribution is 2.29. The zero-order valence-electron chi connectivity index (χ0n) is 16.6.